The van der Waals surface area contributed by atoms with Crippen LogP contribution in [0.25, 0.3) is 0 Å². The Labute approximate surface area is 113 Å². The number of hydrogen-bond acceptors (Lipinski definition) is 5. The van der Waals surface area contributed by atoms with Crippen molar-refractivity contribution in [2.24, 2.45) is 0 Å². The van der Waals surface area contributed by atoms with Crippen molar-refractivity contribution in [3.05, 3.63) is 29.8 Å². The quantitative estimate of drug-likeness (QED) is 0.721. The van der Waals surface area contributed by atoms with Crippen LogP contribution in [0.4, 0.5) is 5.69 Å². The van der Waals surface area contributed by atoms with Crippen LogP contribution in [0.2, 0.25) is 0 Å². The van der Waals surface area contributed by atoms with E-state index in [4.69, 9.17) is 0 Å². The first kappa shape index (κ1) is 15.5. The summed E-state index contributed by atoms with van der Waals surface area (Å²) in [6, 6.07) is 6.99. The second kappa shape index (κ2) is 7.10. The number of sulfonamides is 1. The number of anilines is 1. The smallest absolute Gasteiger partial charge is 0.322 e. The van der Waals surface area contributed by atoms with E-state index in [2.05, 4.69) is 14.8 Å². The lowest BCUT2D eigenvalue weighted by Gasteiger charge is -2.09. The molecule has 0 saturated carbocycles. The summed E-state index contributed by atoms with van der Waals surface area (Å²) in [5.74, 6) is -1.49. The van der Waals surface area contributed by atoms with Gasteiger partial charge in [0.25, 0.3) is 0 Å². The highest BCUT2D eigenvalue weighted by molar-refractivity contribution is 7.93. The zero-order valence-electron chi connectivity index (χ0n) is 11.0. The molecule has 1 rings (SSSR count). The van der Waals surface area contributed by atoms with Gasteiger partial charge in [-0.15, -0.1) is 0 Å². The topological polar surface area (TPSA) is 84.5 Å². The molecule has 0 aliphatic carbocycles. The van der Waals surface area contributed by atoms with Crippen LogP contribution in [0.1, 0.15) is 12.5 Å². The molecule has 0 unspecified atom stereocenters. The molecule has 106 valence electrons. The number of rotatable bonds is 7. The molecule has 0 bridgehead atoms. The SMILES string of the molecule is CCNCc1cccc(NS(=O)(=O)CC(=O)OC)c1. The van der Waals surface area contributed by atoms with Gasteiger partial charge in [0.15, 0.2) is 5.75 Å². The summed E-state index contributed by atoms with van der Waals surface area (Å²) in [6.45, 7) is 3.48. The predicted octanol–water partition coefficient (Wildman–Crippen LogP) is 0.711. The molecule has 0 spiro atoms. The molecule has 19 heavy (non-hydrogen) atoms. The van der Waals surface area contributed by atoms with Crippen LogP contribution in [0.5, 0.6) is 0 Å². The molecule has 0 radical (unpaired) electrons. The Balaban J connectivity index is 2.73. The van der Waals surface area contributed by atoms with E-state index in [1.807, 2.05) is 13.0 Å². The lowest BCUT2D eigenvalue weighted by Crippen LogP contribution is -2.23. The second-order valence-electron chi connectivity index (χ2n) is 3.92. The Morgan fingerprint density at radius 3 is 2.74 bits per heavy atom. The van der Waals surface area contributed by atoms with Gasteiger partial charge >= 0.3 is 5.97 Å². The zero-order valence-corrected chi connectivity index (χ0v) is 11.8. The Morgan fingerprint density at radius 1 is 1.37 bits per heavy atom. The van der Waals surface area contributed by atoms with Crippen molar-refractivity contribution in [1.82, 2.24) is 5.32 Å². The van der Waals surface area contributed by atoms with Crippen molar-refractivity contribution in [2.75, 3.05) is 24.1 Å². The fourth-order valence-corrected chi connectivity index (χ4v) is 2.43. The van der Waals surface area contributed by atoms with Gasteiger partial charge in [-0.25, -0.2) is 8.42 Å². The van der Waals surface area contributed by atoms with Crippen LogP contribution in [0.15, 0.2) is 24.3 Å². The summed E-state index contributed by atoms with van der Waals surface area (Å²) in [7, 11) is -2.58. The molecule has 0 aromatic heterocycles. The number of nitrogens with one attached hydrogen (secondary N) is 2. The maximum Gasteiger partial charge on any atom is 0.322 e. The predicted molar refractivity (Wildman–Crippen MR) is 73.2 cm³/mol. The molecule has 6 nitrogen and oxygen atoms in total. The molecule has 0 atom stereocenters. The normalized spacial score (nSPS) is 11.1. The molecule has 0 heterocycles. The first-order valence-corrected chi connectivity index (χ1v) is 7.49. The number of ether oxygens (including phenoxy) is 1. The lowest BCUT2D eigenvalue weighted by molar-refractivity contribution is -0.137. The molecule has 0 aliphatic rings. The largest absolute Gasteiger partial charge is 0.468 e. The molecule has 0 saturated heterocycles. The summed E-state index contributed by atoms with van der Waals surface area (Å²) < 4.78 is 30.0. The van der Waals surface area contributed by atoms with Crippen molar-refractivity contribution in [2.45, 2.75) is 13.5 Å². The highest BCUT2D eigenvalue weighted by Gasteiger charge is 2.16. The highest BCUT2D eigenvalue weighted by atomic mass is 32.2. The van der Waals surface area contributed by atoms with E-state index in [1.54, 1.807) is 18.2 Å². The zero-order chi connectivity index (χ0) is 14.3. The van der Waals surface area contributed by atoms with Crippen LogP contribution in [0, 0.1) is 0 Å². The van der Waals surface area contributed by atoms with Crippen LogP contribution >= 0.6 is 0 Å². The Morgan fingerprint density at radius 2 is 2.11 bits per heavy atom. The van der Waals surface area contributed by atoms with E-state index >= 15 is 0 Å². The minimum Gasteiger partial charge on any atom is -0.468 e. The van der Waals surface area contributed by atoms with Crippen LogP contribution < -0.4 is 10.0 Å². The van der Waals surface area contributed by atoms with Gasteiger partial charge in [-0.2, -0.15) is 0 Å². The second-order valence-corrected chi connectivity index (χ2v) is 5.64. The monoisotopic (exact) mass is 286 g/mol. The lowest BCUT2D eigenvalue weighted by atomic mass is 10.2. The van der Waals surface area contributed by atoms with Gasteiger partial charge in [0.2, 0.25) is 10.0 Å². The third-order valence-electron chi connectivity index (χ3n) is 2.32. The summed E-state index contributed by atoms with van der Waals surface area (Å²) in [6.07, 6.45) is 0. The molecule has 7 heteroatoms. The fourth-order valence-electron chi connectivity index (χ4n) is 1.44. The number of carbonyl (C=O) groups is 1. The summed E-state index contributed by atoms with van der Waals surface area (Å²) in [5.41, 5.74) is 1.39. The molecule has 0 aliphatic heterocycles. The summed E-state index contributed by atoms with van der Waals surface area (Å²) in [4.78, 5) is 11.0. The average Bonchev–Trinajstić information content (AvgIpc) is 2.35. The summed E-state index contributed by atoms with van der Waals surface area (Å²) in [5, 5.41) is 3.14. The van der Waals surface area contributed by atoms with Crippen molar-refractivity contribution in [3.8, 4) is 0 Å². The van der Waals surface area contributed by atoms with Gasteiger partial charge in [0.1, 0.15) is 0 Å². The van der Waals surface area contributed by atoms with Gasteiger partial charge in [-0.05, 0) is 24.2 Å². The maximum absolute atomic E-state index is 11.7. The summed E-state index contributed by atoms with van der Waals surface area (Å²) >= 11 is 0. The van der Waals surface area contributed by atoms with Crippen molar-refractivity contribution < 1.29 is 17.9 Å². The molecule has 0 fully saturated rings. The number of hydrogen-bond donors (Lipinski definition) is 2. The van der Waals surface area contributed by atoms with Gasteiger partial charge < -0.3 is 10.1 Å². The first-order chi connectivity index (χ1) is 8.96. The van der Waals surface area contributed by atoms with Crippen LogP contribution in [0.3, 0.4) is 0 Å². The van der Waals surface area contributed by atoms with Crippen LogP contribution in [-0.2, 0) is 26.1 Å². The average molecular weight is 286 g/mol. The van der Waals surface area contributed by atoms with Crippen molar-refractivity contribution in [3.63, 3.8) is 0 Å². The minimum absolute atomic E-state index is 0.430. The molecule has 1 aromatic carbocycles. The van der Waals surface area contributed by atoms with E-state index in [1.165, 1.54) is 0 Å². The minimum atomic E-state index is -3.73. The van der Waals surface area contributed by atoms with E-state index in [-0.39, 0.29) is 0 Å². The van der Waals surface area contributed by atoms with Gasteiger partial charge in [0, 0.05) is 12.2 Å². The number of esters is 1. The van der Waals surface area contributed by atoms with Gasteiger partial charge in [0.05, 0.1) is 7.11 Å². The molecular formula is C12H18N2O4S. The molecule has 0 amide bonds. The number of methoxy groups -OCH3 is 1. The van der Waals surface area contributed by atoms with E-state index < -0.39 is 21.7 Å². The Bertz CT molecular complexity index is 528. The first-order valence-electron chi connectivity index (χ1n) is 5.84. The van der Waals surface area contributed by atoms with E-state index in [0.717, 1.165) is 19.2 Å². The van der Waals surface area contributed by atoms with Crippen LogP contribution in [-0.4, -0.2) is 33.8 Å². The van der Waals surface area contributed by atoms with Gasteiger partial charge in [-0.1, -0.05) is 19.1 Å². The van der Waals surface area contributed by atoms with Crippen molar-refractivity contribution in [1.29, 1.82) is 0 Å². The molecule has 1 aromatic rings. The molecule has 2 N–H and O–H groups in total. The molecular weight excluding hydrogens is 268 g/mol. The van der Waals surface area contributed by atoms with E-state index in [9.17, 15) is 13.2 Å². The number of carbonyl (C=O) groups excluding carboxylic acids is 1. The number of benzene rings is 1. The van der Waals surface area contributed by atoms with E-state index in [0.29, 0.717) is 12.2 Å². The van der Waals surface area contributed by atoms with Gasteiger partial charge in [-0.3, -0.25) is 9.52 Å². The third-order valence-corrected chi connectivity index (χ3v) is 3.48. The van der Waals surface area contributed by atoms with Crippen molar-refractivity contribution >= 4 is 21.7 Å². The maximum atomic E-state index is 11.7. The highest BCUT2D eigenvalue weighted by Crippen LogP contribution is 2.12. The third kappa shape index (κ3) is 5.71. The Hall–Kier alpha value is -1.60. The Kier molecular flexibility index (Phi) is 5.78. The fraction of sp³-hybridized carbons (Fsp3) is 0.417. The standard InChI is InChI=1S/C12H18N2O4S/c1-3-13-8-10-5-4-6-11(7-10)14-19(16,17)9-12(15)18-2/h4-7,13-14H,3,8-9H2,1-2H3.